The van der Waals surface area contributed by atoms with Crippen LogP contribution in [0, 0.1) is 22.7 Å². The van der Waals surface area contributed by atoms with Gasteiger partial charge in [0.05, 0.1) is 0 Å². The van der Waals surface area contributed by atoms with E-state index >= 15 is 0 Å². The molecule has 3 nitrogen and oxygen atoms in total. The largest absolute Gasteiger partial charge is 0.306 e. The Kier molecular flexibility index (Phi) is 2.85. The van der Waals surface area contributed by atoms with E-state index in [1.165, 1.54) is 0 Å². The number of allylic oxidation sites excluding steroid dienone is 1. The fourth-order valence-corrected chi connectivity index (χ4v) is 1.32. The summed E-state index contributed by atoms with van der Waals surface area (Å²) in [6, 6.07) is 3.87. The highest BCUT2D eigenvalue weighted by Gasteiger charge is 2.13. The normalized spacial score (nSPS) is 18.1. The van der Waals surface area contributed by atoms with Crippen LogP contribution in [-0.4, -0.2) is 25.0 Å². The summed E-state index contributed by atoms with van der Waals surface area (Å²) in [5, 5.41) is 17.2. The molecule has 1 rings (SSSR count). The molecule has 0 unspecified atom stereocenters. The lowest BCUT2D eigenvalue weighted by Crippen LogP contribution is -2.26. The molecule has 0 atom stereocenters. The predicted octanol–water partition coefficient (Wildman–Crippen LogP) is 1.06. The van der Waals surface area contributed by atoms with Gasteiger partial charge in [0.1, 0.15) is 17.7 Å². The first-order valence-electron chi connectivity index (χ1n) is 3.98. The van der Waals surface area contributed by atoms with E-state index in [9.17, 15) is 0 Å². The van der Waals surface area contributed by atoms with Gasteiger partial charge in [0.2, 0.25) is 0 Å². The van der Waals surface area contributed by atoms with Crippen molar-refractivity contribution in [1.29, 1.82) is 10.5 Å². The van der Waals surface area contributed by atoms with Crippen molar-refractivity contribution in [3.63, 3.8) is 0 Å². The average Bonchev–Trinajstić information content (AvgIpc) is 2.10. The highest BCUT2D eigenvalue weighted by molar-refractivity contribution is 5.40. The Labute approximate surface area is 72.5 Å². The number of hydrogen-bond acceptors (Lipinski definition) is 3. The van der Waals surface area contributed by atoms with Crippen molar-refractivity contribution in [2.24, 2.45) is 0 Å². The fraction of sp³-hybridized carbons (Fsp3) is 0.556. The first-order valence-corrected chi connectivity index (χ1v) is 3.98. The molecule has 0 radical (unpaired) electrons. The number of nitriles is 2. The summed E-state index contributed by atoms with van der Waals surface area (Å²) in [6.07, 6.45) is 1.74. The molecule has 0 bridgehead atoms. The Hall–Kier alpha value is -1.32. The molecule has 1 fully saturated rings. The molecule has 0 N–H and O–H groups in total. The molecule has 3 heteroatoms. The maximum Gasteiger partial charge on any atom is 0.128 e. The molecular weight excluding hydrogens is 150 g/mol. The van der Waals surface area contributed by atoms with Crippen LogP contribution in [0.15, 0.2) is 11.1 Å². The van der Waals surface area contributed by atoms with Crippen LogP contribution in [0.25, 0.3) is 0 Å². The minimum atomic E-state index is 0.322. The van der Waals surface area contributed by atoms with E-state index in [1.54, 1.807) is 0 Å². The second-order valence-electron chi connectivity index (χ2n) is 3.01. The van der Waals surface area contributed by atoms with Crippen LogP contribution < -0.4 is 0 Å². The van der Waals surface area contributed by atoms with E-state index in [2.05, 4.69) is 11.9 Å². The molecule has 1 saturated heterocycles. The molecule has 0 aliphatic carbocycles. The summed E-state index contributed by atoms with van der Waals surface area (Å²) in [7, 11) is 2.05. The summed E-state index contributed by atoms with van der Waals surface area (Å²) in [4.78, 5) is 2.20. The van der Waals surface area contributed by atoms with Crippen LogP contribution in [0.4, 0.5) is 0 Å². The molecule has 0 aromatic heterocycles. The molecule has 0 saturated carbocycles. The monoisotopic (exact) mass is 161 g/mol. The quantitative estimate of drug-likeness (QED) is 0.499. The summed E-state index contributed by atoms with van der Waals surface area (Å²) in [5.74, 6) is 0. The zero-order valence-electron chi connectivity index (χ0n) is 7.17. The predicted molar refractivity (Wildman–Crippen MR) is 45.0 cm³/mol. The third-order valence-corrected chi connectivity index (χ3v) is 2.17. The summed E-state index contributed by atoms with van der Waals surface area (Å²) >= 11 is 0. The Morgan fingerprint density at radius 3 is 2.17 bits per heavy atom. The van der Waals surface area contributed by atoms with Gasteiger partial charge >= 0.3 is 0 Å². The lowest BCUT2D eigenvalue weighted by Gasteiger charge is -2.23. The van der Waals surface area contributed by atoms with E-state index in [0.29, 0.717) is 5.57 Å². The van der Waals surface area contributed by atoms with Gasteiger partial charge in [-0.15, -0.1) is 0 Å². The first kappa shape index (κ1) is 8.77. The topological polar surface area (TPSA) is 50.8 Å². The van der Waals surface area contributed by atoms with Crippen LogP contribution in [-0.2, 0) is 0 Å². The summed E-state index contributed by atoms with van der Waals surface area (Å²) in [6.45, 7) is 1.92. The fourth-order valence-electron chi connectivity index (χ4n) is 1.32. The number of hydrogen-bond donors (Lipinski definition) is 0. The second kappa shape index (κ2) is 3.90. The van der Waals surface area contributed by atoms with Crippen LogP contribution in [0.1, 0.15) is 12.8 Å². The molecule has 1 aliphatic rings. The number of rotatable bonds is 0. The minimum Gasteiger partial charge on any atom is -0.306 e. The molecule has 0 spiro atoms. The van der Waals surface area contributed by atoms with Gasteiger partial charge in [-0.3, -0.25) is 0 Å². The van der Waals surface area contributed by atoms with Crippen molar-refractivity contribution < 1.29 is 0 Å². The molecule has 1 heterocycles. The smallest absolute Gasteiger partial charge is 0.128 e. The van der Waals surface area contributed by atoms with E-state index in [-0.39, 0.29) is 0 Å². The molecule has 0 amide bonds. The van der Waals surface area contributed by atoms with Gasteiger partial charge < -0.3 is 4.90 Å². The van der Waals surface area contributed by atoms with Gasteiger partial charge in [0.25, 0.3) is 0 Å². The number of likely N-dealkylation sites (tertiary alicyclic amines) is 1. The van der Waals surface area contributed by atoms with Gasteiger partial charge in [-0.25, -0.2) is 0 Å². The van der Waals surface area contributed by atoms with Gasteiger partial charge in [0.15, 0.2) is 0 Å². The average molecular weight is 161 g/mol. The van der Waals surface area contributed by atoms with Crippen molar-refractivity contribution in [2.45, 2.75) is 12.8 Å². The highest BCUT2D eigenvalue weighted by Crippen LogP contribution is 2.17. The lowest BCUT2D eigenvalue weighted by molar-refractivity contribution is 0.312. The van der Waals surface area contributed by atoms with Crippen LogP contribution in [0.2, 0.25) is 0 Å². The van der Waals surface area contributed by atoms with E-state index in [0.717, 1.165) is 31.5 Å². The van der Waals surface area contributed by atoms with Crippen LogP contribution in [0.5, 0.6) is 0 Å². The Bertz CT molecular complexity index is 251. The minimum absolute atomic E-state index is 0.322. The van der Waals surface area contributed by atoms with Gasteiger partial charge in [0, 0.05) is 13.1 Å². The van der Waals surface area contributed by atoms with Crippen LogP contribution in [0.3, 0.4) is 0 Å². The molecule has 62 valence electrons. The van der Waals surface area contributed by atoms with Crippen molar-refractivity contribution >= 4 is 0 Å². The zero-order chi connectivity index (χ0) is 8.97. The van der Waals surface area contributed by atoms with E-state index in [1.807, 2.05) is 12.1 Å². The third-order valence-electron chi connectivity index (χ3n) is 2.17. The van der Waals surface area contributed by atoms with Gasteiger partial charge in [-0.1, -0.05) is 0 Å². The lowest BCUT2D eigenvalue weighted by atomic mass is 10.00. The standard InChI is InChI=1S/C9H11N3/c1-12-4-2-8(3-5-12)9(6-10)7-11/h2-5H2,1H3. The summed E-state index contributed by atoms with van der Waals surface area (Å²) in [5.41, 5.74) is 1.35. The van der Waals surface area contributed by atoms with Crippen molar-refractivity contribution in [1.82, 2.24) is 4.90 Å². The van der Waals surface area contributed by atoms with E-state index in [4.69, 9.17) is 10.5 Å². The number of piperidine rings is 1. The maximum atomic E-state index is 8.60. The SMILES string of the molecule is CN1CCC(=C(C#N)C#N)CC1. The Morgan fingerprint density at radius 1 is 1.25 bits per heavy atom. The van der Waals surface area contributed by atoms with Gasteiger partial charge in [-0.05, 0) is 25.5 Å². The molecular formula is C9H11N3. The Morgan fingerprint density at radius 2 is 1.75 bits per heavy atom. The number of nitrogens with zero attached hydrogens (tertiary/aromatic N) is 3. The van der Waals surface area contributed by atoms with Gasteiger partial charge in [-0.2, -0.15) is 10.5 Å². The second-order valence-corrected chi connectivity index (χ2v) is 3.01. The first-order chi connectivity index (χ1) is 5.77. The molecule has 0 aromatic carbocycles. The molecule has 12 heavy (non-hydrogen) atoms. The highest BCUT2D eigenvalue weighted by atomic mass is 15.1. The van der Waals surface area contributed by atoms with Crippen LogP contribution >= 0.6 is 0 Å². The van der Waals surface area contributed by atoms with Crippen molar-refractivity contribution in [3.8, 4) is 12.1 Å². The maximum absolute atomic E-state index is 8.60. The molecule has 0 aromatic rings. The van der Waals surface area contributed by atoms with Crippen molar-refractivity contribution in [2.75, 3.05) is 20.1 Å². The third kappa shape index (κ3) is 1.84. The van der Waals surface area contributed by atoms with Crippen molar-refractivity contribution in [3.05, 3.63) is 11.1 Å². The Balaban J connectivity index is 2.73. The van der Waals surface area contributed by atoms with E-state index < -0.39 is 0 Å². The summed E-state index contributed by atoms with van der Waals surface area (Å²) < 4.78 is 0. The zero-order valence-corrected chi connectivity index (χ0v) is 7.17. The molecule has 1 aliphatic heterocycles.